The van der Waals surface area contributed by atoms with Crippen LogP contribution in [0.4, 0.5) is 0 Å². The second kappa shape index (κ2) is 6.45. The van der Waals surface area contributed by atoms with Gasteiger partial charge in [0.05, 0.1) is 6.04 Å². The summed E-state index contributed by atoms with van der Waals surface area (Å²) >= 11 is 5.95. The van der Waals surface area contributed by atoms with Gasteiger partial charge in [-0.25, -0.2) is 4.79 Å². The van der Waals surface area contributed by atoms with E-state index in [0.717, 1.165) is 17.5 Å². The standard InChI is InChI=1S/C15H18ClNO4/c1-3-6-17-12(18)8-21-14(15(19)20)13(17)11-5-4-10(16)7-9(11)2/h4-5,7,13-14H,3,6,8H2,1-2H3,(H,19,20). The zero-order chi connectivity index (χ0) is 15.6. The summed E-state index contributed by atoms with van der Waals surface area (Å²) in [5.41, 5.74) is 1.60. The number of carbonyl (C=O) groups is 2. The van der Waals surface area contributed by atoms with Crippen molar-refractivity contribution in [3.63, 3.8) is 0 Å². The van der Waals surface area contributed by atoms with Crippen LogP contribution in [0.3, 0.4) is 0 Å². The number of carboxylic acids is 1. The zero-order valence-corrected chi connectivity index (χ0v) is 12.8. The Kier molecular flexibility index (Phi) is 4.85. The first kappa shape index (κ1) is 15.8. The Morgan fingerprint density at radius 2 is 2.24 bits per heavy atom. The largest absolute Gasteiger partial charge is 0.479 e. The van der Waals surface area contributed by atoms with E-state index in [4.69, 9.17) is 16.3 Å². The van der Waals surface area contributed by atoms with Crippen LogP contribution in [-0.4, -0.2) is 41.1 Å². The van der Waals surface area contributed by atoms with Crippen LogP contribution >= 0.6 is 11.6 Å². The highest BCUT2D eigenvalue weighted by Gasteiger charge is 2.42. The first-order chi connectivity index (χ1) is 9.95. The summed E-state index contributed by atoms with van der Waals surface area (Å²) in [6.07, 6.45) is -0.310. The van der Waals surface area contributed by atoms with Crippen LogP contribution in [0.2, 0.25) is 5.02 Å². The van der Waals surface area contributed by atoms with Gasteiger partial charge in [0, 0.05) is 11.6 Å². The van der Waals surface area contributed by atoms with Crippen LogP contribution < -0.4 is 0 Å². The summed E-state index contributed by atoms with van der Waals surface area (Å²) in [6, 6.07) is 4.61. The molecule has 1 aliphatic heterocycles. The molecule has 114 valence electrons. The molecule has 0 aromatic heterocycles. The summed E-state index contributed by atoms with van der Waals surface area (Å²) in [5.74, 6) is -1.25. The van der Waals surface area contributed by atoms with Crippen molar-refractivity contribution in [2.75, 3.05) is 13.2 Å². The molecule has 0 spiro atoms. The number of ether oxygens (including phenoxy) is 1. The Bertz CT molecular complexity index is 561. The molecule has 1 saturated heterocycles. The van der Waals surface area contributed by atoms with Crippen molar-refractivity contribution >= 4 is 23.5 Å². The average molecular weight is 312 g/mol. The molecule has 6 heteroatoms. The summed E-state index contributed by atoms with van der Waals surface area (Å²) in [7, 11) is 0. The van der Waals surface area contributed by atoms with Gasteiger partial charge < -0.3 is 14.7 Å². The maximum absolute atomic E-state index is 12.1. The predicted octanol–water partition coefficient (Wildman–Crippen LogP) is 2.41. The minimum Gasteiger partial charge on any atom is -0.479 e. The molecule has 0 aliphatic carbocycles. The fourth-order valence-corrected chi connectivity index (χ4v) is 2.89. The molecular formula is C15H18ClNO4. The van der Waals surface area contributed by atoms with E-state index in [0.29, 0.717) is 11.6 Å². The van der Waals surface area contributed by atoms with Gasteiger partial charge in [0.15, 0.2) is 6.10 Å². The molecule has 0 radical (unpaired) electrons. The van der Waals surface area contributed by atoms with Gasteiger partial charge in [-0.05, 0) is 36.6 Å². The Hall–Kier alpha value is -1.59. The molecule has 1 amide bonds. The molecule has 1 aromatic rings. The lowest BCUT2D eigenvalue weighted by Gasteiger charge is -2.40. The molecule has 2 atom stereocenters. The van der Waals surface area contributed by atoms with E-state index in [1.807, 2.05) is 13.8 Å². The van der Waals surface area contributed by atoms with Gasteiger partial charge in [-0.1, -0.05) is 24.6 Å². The number of carboxylic acid groups (broad SMARTS) is 1. The number of carbonyl (C=O) groups excluding carboxylic acids is 1. The SMILES string of the molecule is CCCN1C(=O)COC(C(=O)O)C1c1ccc(Cl)cc1C. The van der Waals surface area contributed by atoms with Crippen molar-refractivity contribution in [2.24, 2.45) is 0 Å². The first-order valence-electron chi connectivity index (χ1n) is 6.85. The lowest BCUT2D eigenvalue weighted by Crippen LogP contribution is -2.52. The minimum absolute atomic E-state index is 0.186. The molecule has 0 bridgehead atoms. The number of aliphatic carboxylic acids is 1. The molecule has 21 heavy (non-hydrogen) atoms. The van der Waals surface area contributed by atoms with Crippen molar-refractivity contribution < 1.29 is 19.4 Å². The summed E-state index contributed by atoms with van der Waals surface area (Å²) in [4.78, 5) is 25.2. The van der Waals surface area contributed by atoms with Crippen LogP contribution in [0.25, 0.3) is 0 Å². The average Bonchev–Trinajstić information content (AvgIpc) is 2.41. The Labute approximate surface area is 128 Å². The van der Waals surface area contributed by atoms with E-state index in [-0.39, 0.29) is 12.5 Å². The highest BCUT2D eigenvalue weighted by atomic mass is 35.5. The second-order valence-electron chi connectivity index (χ2n) is 5.10. The van der Waals surface area contributed by atoms with Crippen LogP contribution in [-0.2, 0) is 14.3 Å². The predicted molar refractivity (Wildman–Crippen MR) is 78.3 cm³/mol. The Morgan fingerprint density at radius 3 is 2.81 bits per heavy atom. The van der Waals surface area contributed by atoms with Crippen molar-refractivity contribution in [3.05, 3.63) is 34.3 Å². The molecule has 5 nitrogen and oxygen atoms in total. The van der Waals surface area contributed by atoms with Gasteiger partial charge in [-0.2, -0.15) is 0 Å². The van der Waals surface area contributed by atoms with Crippen LogP contribution in [0.15, 0.2) is 18.2 Å². The normalized spacial score (nSPS) is 22.4. The van der Waals surface area contributed by atoms with Crippen molar-refractivity contribution in [1.82, 2.24) is 4.90 Å². The van der Waals surface area contributed by atoms with E-state index in [1.165, 1.54) is 0 Å². The number of rotatable bonds is 4. The lowest BCUT2D eigenvalue weighted by molar-refractivity contribution is -0.173. The number of halogens is 1. The maximum Gasteiger partial charge on any atom is 0.335 e. The fourth-order valence-electron chi connectivity index (χ4n) is 2.67. The lowest BCUT2D eigenvalue weighted by atomic mass is 9.94. The summed E-state index contributed by atoms with van der Waals surface area (Å²) in [5, 5.41) is 9.98. The number of hydrogen-bond acceptors (Lipinski definition) is 3. The van der Waals surface area contributed by atoms with Crippen molar-refractivity contribution in [2.45, 2.75) is 32.4 Å². The third kappa shape index (κ3) is 3.19. The molecule has 1 fully saturated rings. The molecule has 1 heterocycles. The number of aryl methyl sites for hydroxylation is 1. The topological polar surface area (TPSA) is 66.8 Å². The summed E-state index contributed by atoms with van der Waals surface area (Å²) in [6.45, 7) is 4.10. The fraction of sp³-hybridized carbons (Fsp3) is 0.467. The van der Waals surface area contributed by atoms with Gasteiger partial charge in [0.2, 0.25) is 5.91 Å². The van der Waals surface area contributed by atoms with Gasteiger partial charge >= 0.3 is 5.97 Å². The molecular weight excluding hydrogens is 294 g/mol. The van der Waals surface area contributed by atoms with E-state index in [9.17, 15) is 14.7 Å². The highest BCUT2D eigenvalue weighted by molar-refractivity contribution is 6.30. The third-order valence-electron chi connectivity index (χ3n) is 3.59. The van der Waals surface area contributed by atoms with Gasteiger partial charge in [0.1, 0.15) is 6.61 Å². The number of amides is 1. The summed E-state index contributed by atoms with van der Waals surface area (Å²) < 4.78 is 5.26. The smallest absolute Gasteiger partial charge is 0.335 e. The van der Waals surface area contributed by atoms with Crippen LogP contribution in [0.1, 0.15) is 30.5 Å². The van der Waals surface area contributed by atoms with Gasteiger partial charge in [0.25, 0.3) is 0 Å². The number of nitrogens with zero attached hydrogens (tertiary/aromatic N) is 1. The van der Waals surface area contributed by atoms with E-state index < -0.39 is 18.1 Å². The monoisotopic (exact) mass is 311 g/mol. The number of benzene rings is 1. The Balaban J connectivity index is 2.48. The maximum atomic E-state index is 12.1. The number of morpholine rings is 1. The molecule has 1 aliphatic rings. The van der Waals surface area contributed by atoms with E-state index in [1.54, 1.807) is 23.1 Å². The van der Waals surface area contributed by atoms with Crippen LogP contribution in [0.5, 0.6) is 0 Å². The third-order valence-corrected chi connectivity index (χ3v) is 3.82. The quantitative estimate of drug-likeness (QED) is 0.927. The molecule has 0 saturated carbocycles. The van der Waals surface area contributed by atoms with Crippen molar-refractivity contribution in [3.8, 4) is 0 Å². The zero-order valence-electron chi connectivity index (χ0n) is 12.0. The van der Waals surface area contributed by atoms with Crippen LogP contribution in [0, 0.1) is 6.92 Å². The molecule has 2 unspecified atom stereocenters. The highest BCUT2D eigenvalue weighted by Crippen LogP contribution is 2.33. The Morgan fingerprint density at radius 1 is 1.52 bits per heavy atom. The van der Waals surface area contributed by atoms with Gasteiger partial charge in [-0.15, -0.1) is 0 Å². The van der Waals surface area contributed by atoms with Gasteiger partial charge in [-0.3, -0.25) is 4.79 Å². The van der Waals surface area contributed by atoms with Crippen molar-refractivity contribution in [1.29, 1.82) is 0 Å². The molecule has 2 rings (SSSR count). The number of hydrogen-bond donors (Lipinski definition) is 1. The van der Waals surface area contributed by atoms with E-state index in [2.05, 4.69) is 0 Å². The molecule has 1 N–H and O–H groups in total. The second-order valence-corrected chi connectivity index (χ2v) is 5.54. The minimum atomic E-state index is -1.07. The molecule has 1 aromatic carbocycles. The van der Waals surface area contributed by atoms with E-state index >= 15 is 0 Å². The first-order valence-corrected chi connectivity index (χ1v) is 7.23.